The summed E-state index contributed by atoms with van der Waals surface area (Å²) in [5, 5.41) is 10.1. The molecule has 0 unspecified atom stereocenters. The molecule has 4 N–H and O–H groups in total. The molecule has 3 saturated carbocycles. The number of Topliss-reactive ketones (excluding diaryl/α,β-unsaturated/α-hetero) is 1. The molecule has 2 heterocycles. The first kappa shape index (κ1) is 33.2. The topological polar surface area (TPSA) is 154 Å². The number of likely N-dealkylation sites (tertiary alicyclic amines) is 1. The van der Waals surface area contributed by atoms with Crippen LogP contribution >= 0.6 is 0 Å². The Labute approximate surface area is 260 Å². The minimum Gasteiger partial charge on any atom is -0.356 e. The Bertz CT molecular complexity index is 1170. The molecule has 0 spiro atoms. The van der Waals surface area contributed by atoms with Gasteiger partial charge in [-0.25, -0.2) is 0 Å². The lowest BCUT2D eigenvalue weighted by molar-refractivity contribution is -0.175. The third-order valence-corrected chi connectivity index (χ3v) is 10.6. The van der Waals surface area contributed by atoms with Crippen LogP contribution in [0.25, 0.3) is 0 Å². The number of carbonyl (C=O) groups excluding carboxylic acids is 6. The molecule has 45 heavy (non-hydrogen) atoms. The van der Waals surface area contributed by atoms with Gasteiger partial charge < -0.3 is 26.2 Å². The zero-order valence-corrected chi connectivity index (χ0v) is 25.5. The molecule has 5 amide bonds. The van der Waals surface area contributed by atoms with E-state index in [4.69, 9.17) is 0 Å². The van der Waals surface area contributed by atoms with Gasteiger partial charge in [0.25, 0.3) is 5.91 Å². The van der Waals surface area contributed by atoms with E-state index in [0.717, 1.165) is 44.9 Å². The predicted molar refractivity (Wildman–Crippen MR) is 154 cm³/mol. The molecule has 6 atom stereocenters. The number of nitrogens with zero attached hydrogens (tertiary/aromatic N) is 1. The Kier molecular flexibility index (Phi) is 10.4. The monoisotopic (exact) mass is 639 g/mol. The average Bonchev–Trinajstić information content (AvgIpc) is 3.81. The lowest BCUT2D eigenvalue weighted by Crippen LogP contribution is -2.60. The predicted octanol–water partition coefficient (Wildman–Crippen LogP) is 1.88. The number of amides is 5. The molecular weight excluding hydrogens is 595 g/mol. The lowest BCUT2D eigenvalue weighted by Gasteiger charge is -2.36. The summed E-state index contributed by atoms with van der Waals surface area (Å²) in [6, 6.07) is -3.97. The van der Waals surface area contributed by atoms with Crippen molar-refractivity contribution < 1.29 is 41.9 Å². The summed E-state index contributed by atoms with van der Waals surface area (Å²) in [7, 11) is 0. The first-order valence-electron chi connectivity index (χ1n) is 16.5. The van der Waals surface area contributed by atoms with Gasteiger partial charge in [-0.15, -0.1) is 0 Å². The zero-order chi connectivity index (χ0) is 32.3. The maximum Gasteiger partial charge on any atom is 0.471 e. The number of hydrogen-bond acceptors (Lipinski definition) is 6. The van der Waals surface area contributed by atoms with E-state index in [0.29, 0.717) is 45.1 Å². The summed E-state index contributed by atoms with van der Waals surface area (Å²) in [5.41, 5.74) is 0. The number of nitrogens with one attached hydrogen (secondary N) is 4. The molecular formula is C31H44F3N5O6. The zero-order valence-electron chi connectivity index (χ0n) is 25.5. The summed E-state index contributed by atoms with van der Waals surface area (Å²) in [5.74, 6) is -7.01. The third kappa shape index (κ3) is 7.62. The van der Waals surface area contributed by atoms with Crippen LogP contribution in [0.4, 0.5) is 13.2 Å². The fourth-order valence-corrected chi connectivity index (χ4v) is 8.25. The second-order valence-electron chi connectivity index (χ2n) is 13.5. The van der Waals surface area contributed by atoms with Crippen molar-refractivity contribution in [3.8, 4) is 0 Å². The number of fused-ring (bicyclic) bond motifs is 1. The second kappa shape index (κ2) is 14.1. The van der Waals surface area contributed by atoms with Gasteiger partial charge in [-0.3, -0.25) is 28.8 Å². The molecule has 5 aliphatic rings. The van der Waals surface area contributed by atoms with Crippen LogP contribution < -0.4 is 21.3 Å². The lowest BCUT2D eigenvalue weighted by atomic mass is 9.83. The maximum atomic E-state index is 14.1. The molecule has 0 radical (unpaired) electrons. The van der Waals surface area contributed by atoms with Crippen molar-refractivity contribution in [3.05, 3.63) is 0 Å². The molecule has 0 aromatic heterocycles. The molecule has 0 bridgehead atoms. The van der Waals surface area contributed by atoms with E-state index < -0.39 is 65.5 Å². The highest BCUT2D eigenvalue weighted by atomic mass is 19.4. The molecule has 11 nitrogen and oxygen atoms in total. The highest BCUT2D eigenvalue weighted by Gasteiger charge is 2.53. The SMILES string of the molecule is O=C(NC1CCCC1)C(=O)[C@H](C[C@@H]1CCNC1=O)NC(=O)[C@@H]1[C@H]2CCC[C@H]2CN1C(=O)[C@@H](NC(=O)C(F)(F)F)C1CCCCC1. The van der Waals surface area contributed by atoms with E-state index in [1.54, 1.807) is 0 Å². The van der Waals surface area contributed by atoms with Crippen LogP contribution in [-0.4, -0.2) is 83.7 Å². The Morgan fingerprint density at radius 3 is 2.20 bits per heavy atom. The minimum atomic E-state index is -5.18. The van der Waals surface area contributed by atoms with Crippen molar-refractivity contribution in [2.45, 2.75) is 120 Å². The molecule has 5 fully saturated rings. The largest absolute Gasteiger partial charge is 0.471 e. The van der Waals surface area contributed by atoms with Crippen molar-refractivity contribution >= 4 is 35.3 Å². The van der Waals surface area contributed by atoms with Crippen molar-refractivity contribution in [1.82, 2.24) is 26.2 Å². The molecule has 0 aromatic carbocycles. The third-order valence-electron chi connectivity index (χ3n) is 10.6. The van der Waals surface area contributed by atoms with Gasteiger partial charge in [0, 0.05) is 25.0 Å². The highest BCUT2D eigenvalue weighted by Crippen LogP contribution is 2.43. The van der Waals surface area contributed by atoms with Gasteiger partial charge in [-0.2, -0.15) is 13.2 Å². The molecule has 3 aliphatic carbocycles. The van der Waals surface area contributed by atoms with E-state index in [1.165, 1.54) is 4.90 Å². The van der Waals surface area contributed by atoms with Gasteiger partial charge in [0.2, 0.25) is 23.5 Å². The van der Waals surface area contributed by atoms with Gasteiger partial charge in [-0.05, 0) is 69.1 Å². The van der Waals surface area contributed by atoms with Gasteiger partial charge in [0.05, 0.1) is 6.04 Å². The smallest absolute Gasteiger partial charge is 0.356 e. The summed E-state index contributed by atoms with van der Waals surface area (Å²) < 4.78 is 40.0. The standard InChI is InChI=1S/C31H44F3N5O6/c32-31(33,34)30(45)38-23(17-7-2-1-3-8-17)29(44)39-16-19-9-6-12-21(19)24(39)27(42)37-22(15-18-13-14-35-26(18)41)25(40)28(43)36-20-10-4-5-11-20/h17-24H,1-16H2,(H,35,41)(H,36,43)(H,37,42)(H,38,45)/t18-,19-,21-,22-,23-,24-/m0/s1. The summed E-state index contributed by atoms with van der Waals surface area (Å²) in [6.45, 7) is 0.562. The molecule has 5 rings (SSSR count). The van der Waals surface area contributed by atoms with Crippen LogP contribution in [0, 0.1) is 23.7 Å². The minimum absolute atomic E-state index is 0.0598. The van der Waals surface area contributed by atoms with Gasteiger partial charge in [-0.1, -0.05) is 38.5 Å². The van der Waals surface area contributed by atoms with Gasteiger partial charge in [0.15, 0.2) is 0 Å². The number of rotatable bonds is 10. The first-order chi connectivity index (χ1) is 21.4. The van der Waals surface area contributed by atoms with Crippen LogP contribution in [0.5, 0.6) is 0 Å². The van der Waals surface area contributed by atoms with Crippen molar-refractivity contribution in [1.29, 1.82) is 0 Å². The van der Waals surface area contributed by atoms with Crippen LogP contribution in [0.3, 0.4) is 0 Å². The van der Waals surface area contributed by atoms with Gasteiger partial charge >= 0.3 is 12.1 Å². The van der Waals surface area contributed by atoms with E-state index in [2.05, 4.69) is 16.0 Å². The highest BCUT2D eigenvalue weighted by molar-refractivity contribution is 6.38. The Morgan fingerprint density at radius 1 is 0.867 bits per heavy atom. The molecule has 0 aromatic rings. The van der Waals surface area contributed by atoms with Gasteiger partial charge in [0.1, 0.15) is 12.1 Å². The van der Waals surface area contributed by atoms with Crippen molar-refractivity contribution in [2.24, 2.45) is 23.7 Å². The van der Waals surface area contributed by atoms with E-state index in [9.17, 15) is 41.9 Å². The quantitative estimate of drug-likeness (QED) is 0.268. The molecule has 2 aliphatic heterocycles. The van der Waals surface area contributed by atoms with Crippen LogP contribution in [0.2, 0.25) is 0 Å². The van der Waals surface area contributed by atoms with Crippen molar-refractivity contribution in [3.63, 3.8) is 0 Å². The number of ketones is 1. The van der Waals surface area contributed by atoms with Crippen molar-refractivity contribution in [2.75, 3.05) is 13.1 Å². The van der Waals surface area contributed by atoms with Crippen LogP contribution in [0.15, 0.2) is 0 Å². The first-order valence-corrected chi connectivity index (χ1v) is 16.5. The van der Waals surface area contributed by atoms with E-state index in [1.807, 2.05) is 5.32 Å². The number of carbonyl (C=O) groups is 6. The normalized spacial score (nSPS) is 28.7. The Hall–Kier alpha value is -3.19. The van der Waals surface area contributed by atoms with Crippen LogP contribution in [0.1, 0.15) is 89.9 Å². The number of halogens is 3. The Balaban J connectivity index is 1.37. The summed E-state index contributed by atoms with van der Waals surface area (Å²) >= 11 is 0. The van der Waals surface area contributed by atoms with Crippen LogP contribution in [-0.2, 0) is 28.8 Å². The fraction of sp³-hybridized carbons (Fsp3) is 0.806. The molecule has 2 saturated heterocycles. The number of alkyl halides is 3. The fourth-order valence-electron chi connectivity index (χ4n) is 8.25. The summed E-state index contributed by atoms with van der Waals surface area (Å²) in [4.78, 5) is 80.3. The second-order valence-corrected chi connectivity index (χ2v) is 13.5. The molecule has 250 valence electrons. The summed E-state index contributed by atoms with van der Waals surface area (Å²) in [6.07, 6.45) is 3.94. The Morgan fingerprint density at radius 2 is 1.56 bits per heavy atom. The number of hydrogen-bond donors (Lipinski definition) is 4. The average molecular weight is 640 g/mol. The van der Waals surface area contributed by atoms with E-state index >= 15 is 0 Å². The van der Waals surface area contributed by atoms with E-state index in [-0.39, 0.29) is 36.8 Å². The maximum absolute atomic E-state index is 14.1. The molecule has 14 heteroatoms.